The summed E-state index contributed by atoms with van der Waals surface area (Å²) in [7, 11) is 0. The Balaban J connectivity index is 1.51. The van der Waals surface area contributed by atoms with Gasteiger partial charge in [0, 0.05) is 10.6 Å². The molecule has 7 heteroatoms. The highest BCUT2D eigenvalue weighted by molar-refractivity contribution is 7.98. The van der Waals surface area contributed by atoms with Gasteiger partial charge in [0.2, 0.25) is 0 Å². The lowest BCUT2D eigenvalue weighted by molar-refractivity contribution is 0.0526. The van der Waals surface area contributed by atoms with Crippen LogP contribution in [0.2, 0.25) is 0 Å². The van der Waals surface area contributed by atoms with Gasteiger partial charge in [-0.2, -0.15) is 0 Å². The van der Waals surface area contributed by atoms with Crippen LogP contribution in [-0.4, -0.2) is 22.5 Å². The zero-order chi connectivity index (χ0) is 19.7. The van der Waals surface area contributed by atoms with Crippen molar-refractivity contribution >= 4 is 39.3 Å². The third-order valence-corrected chi connectivity index (χ3v) is 7.08. The molecule has 0 spiro atoms. The monoisotopic (exact) mass is 414 g/mol. The van der Waals surface area contributed by atoms with E-state index in [4.69, 9.17) is 9.72 Å². The van der Waals surface area contributed by atoms with Crippen LogP contribution in [0.1, 0.15) is 46.6 Å². The molecule has 0 aliphatic heterocycles. The molecule has 0 saturated heterocycles. The number of aromatic amines is 1. The summed E-state index contributed by atoms with van der Waals surface area (Å²) in [6, 6.07) is 7.34. The van der Waals surface area contributed by atoms with Crippen molar-refractivity contribution in [3.05, 3.63) is 56.2 Å². The summed E-state index contributed by atoms with van der Waals surface area (Å²) in [5.41, 5.74) is 2.78. The molecule has 1 aliphatic rings. The number of thiophene rings is 1. The number of ether oxygens (including phenoxy) is 1. The van der Waals surface area contributed by atoms with Gasteiger partial charge in [-0.25, -0.2) is 9.78 Å². The number of H-pyrrole nitrogens is 1. The van der Waals surface area contributed by atoms with Crippen molar-refractivity contribution in [3.63, 3.8) is 0 Å². The molecule has 1 aliphatic carbocycles. The van der Waals surface area contributed by atoms with Crippen molar-refractivity contribution < 1.29 is 9.53 Å². The van der Waals surface area contributed by atoms with Crippen molar-refractivity contribution in [3.8, 4) is 0 Å². The van der Waals surface area contributed by atoms with E-state index < -0.39 is 0 Å². The van der Waals surface area contributed by atoms with Crippen LogP contribution in [0.3, 0.4) is 0 Å². The summed E-state index contributed by atoms with van der Waals surface area (Å²) in [6.45, 7) is 4.42. The number of carbonyl (C=O) groups is 1. The third-order valence-electron chi connectivity index (χ3n) is 4.98. The number of nitrogens with zero attached hydrogens (tertiary/aromatic N) is 1. The first-order valence-electron chi connectivity index (χ1n) is 9.48. The SMILES string of the molecule is CCOC(=O)c1ccc(CSc2nc3sc4c(c3c(=O)[nH]2)CCC(C)C4)cc1. The number of thioether (sulfide) groups is 1. The maximum Gasteiger partial charge on any atom is 0.338 e. The Morgan fingerprint density at radius 3 is 2.89 bits per heavy atom. The summed E-state index contributed by atoms with van der Waals surface area (Å²) in [6.07, 6.45) is 3.15. The first-order valence-corrected chi connectivity index (χ1v) is 11.3. The Morgan fingerprint density at radius 2 is 2.14 bits per heavy atom. The first-order chi connectivity index (χ1) is 13.5. The number of hydrogen-bond acceptors (Lipinski definition) is 6. The Kier molecular flexibility index (Phi) is 5.55. The molecule has 28 heavy (non-hydrogen) atoms. The standard InChI is InChI=1S/C21H22N2O3S2/c1-3-26-20(25)14-7-5-13(6-8-14)11-27-21-22-18(24)17-15-9-4-12(2)10-16(15)28-19(17)23-21/h5-8,12H,3-4,9-11H2,1-2H3,(H,22,23,24). The van der Waals surface area contributed by atoms with Crippen LogP contribution >= 0.6 is 23.1 Å². The maximum absolute atomic E-state index is 12.7. The third kappa shape index (κ3) is 3.86. The molecule has 1 N–H and O–H groups in total. The second-order valence-corrected chi connectivity index (χ2v) is 9.16. The highest BCUT2D eigenvalue weighted by Crippen LogP contribution is 2.36. The second kappa shape index (κ2) is 8.09. The van der Waals surface area contributed by atoms with E-state index in [1.54, 1.807) is 30.4 Å². The minimum absolute atomic E-state index is 0.0304. The zero-order valence-corrected chi connectivity index (χ0v) is 17.5. The van der Waals surface area contributed by atoms with E-state index in [1.807, 2.05) is 12.1 Å². The number of nitrogens with one attached hydrogen (secondary N) is 1. The summed E-state index contributed by atoms with van der Waals surface area (Å²) in [5.74, 6) is 1.03. The molecule has 0 radical (unpaired) electrons. The van der Waals surface area contributed by atoms with Crippen molar-refractivity contribution in [2.24, 2.45) is 5.92 Å². The highest BCUT2D eigenvalue weighted by atomic mass is 32.2. The van der Waals surface area contributed by atoms with E-state index in [2.05, 4.69) is 11.9 Å². The van der Waals surface area contributed by atoms with Crippen molar-refractivity contribution in [1.82, 2.24) is 9.97 Å². The minimum Gasteiger partial charge on any atom is -0.462 e. The normalized spacial score (nSPS) is 16.1. The lowest BCUT2D eigenvalue weighted by Gasteiger charge is -2.17. The molecule has 2 aromatic heterocycles. The van der Waals surface area contributed by atoms with E-state index in [1.165, 1.54) is 22.2 Å². The van der Waals surface area contributed by atoms with Gasteiger partial charge in [0.05, 0.1) is 17.6 Å². The number of aromatic nitrogens is 2. The molecule has 1 unspecified atom stereocenters. The molecule has 1 aromatic carbocycles. The van der Waals surface area contributed by atoms with E-state index in [9.17, 15) is 9.59 Å². The molecule has 4 rings (SSSR count). The van der Waals surface area contributed by atoms with Gasteiger partial charge in [-0.05, 0) is 55.4 Å². The Morgan fingerprint density at radius 1 is 1.36 bits per heavy atom. The minimum atomic E-state index is -0.311. The average Bonchev–Trinajstić information content (AvgIpc) is 3.04. The van der Waals surface area contributed by atoms with E-state index in [0.29, 0.717) is 29.0 Å². The fourth-order valence-corrected chi connectivity index (χ4v) is 5.76. The predicted octanol–water partition coefficient (Wildman–Crippen LogP) is 4.58. The predicted molar refractivity (Wildman–Crippen MR) is 113 cm³/mol. The van der Waals surface area contributed by atoms with Gasteiger partial charge in [0.25, 0.3) is 5.56 Å². The first kappa shape index (κ1) is 19.2. The fourth-order valence-electron chi connectivity index (χ4n) is 3.50. The van der Waals surface area contributed by atoms with Crippen molar-refractivity contribution in [2.75, 3.05) is 6.61 Å². The van der Waals surface area contributed by atoms with Crippen LogP contribution in [0, 0.1) is 5.92 Å². The number of carbonyl (C=O) groups excluding carboxylic acids is 1. The molecule has 0 fully saturated rings. The number of rotatable bonds is 5. The average molecular weight is 415 g/mol. The molecule has 1 atom stereocenters. The van der Waals surface area contributed by atoms with Gasteiger partial charge in [0.15, 0.2) is 5.16 Å². The highest BCUT2D eigenvalue weighted by Gasteiger charge is 2.23. The van der Waals surface area contributed by atoms with Gasteiger partial charge < -0.3 is 9.72 Å². The fraction of sp³-hybridized carbons (Fsp3) is 0.381. The maximum atomic E-state index is 12.7. The molecular weight excluding hydrogens is 392 g/mol. The largest absolute Gasteiger partial charge is 0.462 e. The Bertz CT molecular complexity index is 1070. The van der Waals surface area contributed by atoms with E-state index in [-0.39, 0.29) is 11.5 Å². The van der Waals surface area contributed by atoms with Gasteiger partial charge in [-0.1, -0.05) is 30.8 Å². The number of esters is 1. The quantitative estimate of drug-likeness (QED) is 0.376. The molecule has 0 amide bonds. The smallest absolute Gasteiger partial charge is 0.338 e. The molecule has 3 aromatic rings. The number of benzene rings is 1. The number of hydrogen-bond donors (Lipinski definition) is 1. The summed E-state index contributed by atoms with van der Waals surface area (Å²) >= 11 is 3.16. The second-order valence-electron chi connectivity index (χ2n) is 7.11. The Labute approximate surface area is 171 Å². The lowest BCUT2D eigenvalue weighted by Crippen LogP contribution is -2.13. The number of aryl methyl sites for hydroxylation is 1. The topological polar surface area (TPSA) is 72.0 Å². The van der Waals surface area contributed by atoms with Gasteiger partial charge >= 0.3 is 5.97 Å². The van der Waals surface area contributed by atoms with E-state index >= 15 is 0 Å². The van der Waals surface area contributed by atoms with Crippen LogP contribution in [0.25, 0.3) is 10.2 Å². The molecule has 0 saturated carbocycles. The molecule has 0 bridgehead atoms. The molecular formula is C21H22N2O3S2. The van der Waals surface area contributed by atoms with Gasteiger partial charge in [-0.15, -0.1) is 11.3 Å². The van der Waals surface area contributed by atoms with Crippen LogP contribution in [0.15, 0.2) is 34.2 Å². The molecule has 5 nitrogen and oxygen atoms in total. The molecule has 2 heterocycles. The summed E-state index contributed by atoms with van der Waals surface area (Å²) in [5, 5.41) is 1.42. The van der Waals surface area contributed by atoms with Crippen LogP contribution < -0.4 is 5.56 Å². The zero-order valence-electron chi connectivity index (χ0n) is 15.9. The van der Waals surface area contributed by atoms with Gasteiger partial charge in [0.1, 0.15) is 4.83 Å². The van der Waals surface area contributed by atoms with Crippen molar-refractivity contribution in [1.29, 1.82) is 0 Å². The van der Waals surface area contributed by atoms with Crippen molar-refractivity contribution in [2.45, 2.75) is 44.0 Å². The van der Waals surface area contributed by atoms with Crippen LogP contribution in [-0.2, 0) is 23.3 Å². The summed E-state index contributed by atoms with van der Waals surface area (Å²) in [4.78, 5) is 34.2. The van der Waals surface area contributed by atoms with Crippen LogP contribution in [0.5, 0.6) is 0 Å². The van der Waals surface area contributed by atoms with Crippen LogP contribution in [0.4, 0.5) is 0 Å². The molecule has 146 valence electrons. The number of fused-ring (bicyclic) bond motifs is 3. The summed E-state index contributed by atoms with van der Waals surface area (Å²) < 4.78 is 5.00. The van der Waals surface area contributed by atoms with E-state index in [0.717, 1.165) is 35.0 Å². The van der Waals surface area contributed by atoms with Gasteiger partial charge in [-0.3, -0.25) is 4.79 Å². The Hall–Kier alpha value is -2.12. The lowest BCUT2D eigenvalue weighted by atomic mass is 9.89.